The number of hydrogen-bond donors (Lipinski definition) is 1. The normalized spacial score (nSPS) is 10.2. The van der Waals surface area contributed by atoms with E-state index in [-0.39, 0.29) is 5.78 Å². The molecule has 15 heavy (non-hydrogen) atoms. The van der Waals surface area contributed by atoms with Crippen molar-refractivity contribution in [1.82, 2.24) is 0 Å². The molecule has 4 heteroatoms. The summed E-state index contributed by atoms with van der Waals surface area (Å²) in [7, 11) is 0. The maximum absolute atomic E-state index is 11.8. The van der Waals surface area contributed by atoms with Crippen LogP contribution in [0.1, 0.15) is 15.9 Å². The number of benzene rings is 1. The Balaban J connectivity index is 2.42. The lowest BCUT2D eigenvalue weighted by atomic mass is 10.1. The molecule has 0 aliphatic heterocycles. The minimum atomic E-state index is -0.155. The second kappa shape index (κ2) is 3.79. The van der Waals surface area contributed by atoms with Crippen LogP contribution in [-0.2, 0) is 0 Å². The van der Waals surface area contributed by atoms with Gasteiger partial charge < -0.3 is 10.2 Å². The zero-order chi connectivity index (χ0) is 10.8. The number of furan rings is 1. The molecule has 0 saturated heterocycles. The van der Waals surface area contributed by atoms with Crippen molar-refractivity contribution in [1.29, 1.82) is 0 Å². The van der Waals surface area contributed by atoms with Crippen LogP contribution in [0.4, 0.5) is 5.69 Å². The van der Waals surface area contributed by atoms with Gasteiger partial charge in [-0.3, -0.25) is 4.79 Å². The van der Waals surface area contributed by atoms with E-state index in [4.69, 9.17) is 21.8 Å². The van der Waals surface area contributed by atoms with Crippen molar-refractivity contribution in [3.63, 3.8) is 0 Å². The van der Waals surface area contributed by atoms with Crippen LogP contribution in [0.2, 0.25) is 5.02 Å². The number of carbonyl (C=O) groups is 1. The topological polar surface area (TPSA) is 56.2 Å². The number of ketones is 1. The molecule has 1 aromatic carbocycles. The van der Waals surface area contributed by atoms with Crippen LogP contribution in [0.3, 0.4) is 0 Å². The molecular weight excluding hydrogens is 214 g/mol. The van der Waals surface area contributed by atoms with E-state index in [9.17, 15) is 4.79 Å². The minimum Gasteiger partial charge on any atom is -0.472 e. The summed E-state index contributed by atoms with van der Waals surface area (Å²) >= 11 is 5.80. The average molecular weight is 222 g/mol. The van der Waals surface area contributed by atoms with Gasteiger partial charge in [0.1, 0.15) is 6.26 Å². The van der Waals surface area contributed by atoms with Gasteiger partial charge in [0.15, 0.2) is 5.78 Å². The molecule has 2 aromatic rings. The zero-order valence-electron chi connectivity index (χ0n) is 7.74. The van der Waals surface area contributed by atoms with E-state index in [0.717, 1.165) is 0 Å². The molecule has 3 nitrogen and oxygen atoms in total. The first kappa shape index (κ1) is 9.80. The molecule has 0 atom stereocenters. The van der Waals surface area contributed by atoms with Crippen molar-refractivity contribution >= 4 is 23.1 Å². The molecule has 1 heterocycles. The first-order chi connectivity index (χ1) is 7.16. The summed E-state index contributed by atoms with van der Waals surface area (Å²) in [4.78, 5) is 11.8. The summed E-state index contributed by atoms with van der Waals surface area (Å²) in [5.41, 5.74) is 7.00. The summed E-state index contributed by atoms with van der Waals surface area (Å²) < 4.78 is 4.83. The second-order valence-corrected chi connectivity index (χ2v) is 3.55. The van der Waals surface area contributed by atoms with E-state index in [2.05, 4.69) is 0 Å². The van der Waals surface area contributed by atoms with Gasteiger partial charge in [0.2, 0.25) is 0 Å². The molecular formula is C11H8ClNO2. The van der Waals surface area contributed by atoms with Crippen molar-refractivity contribution in [3.8, 4) is 0 Å². The quantitative estimate of drug-likeness (QED) is 0.627. The highest BCUT2D eigenvalue weighted by atomic mass is 35.5. The van der Waals surface area contributed by atoms with Crippen molar-refractivity contribution < 1.29 is 9.21 Å². The Kier molecular flexibility index (Phi) is 2.47. The van der Waals surface area contributed by atoms with Crippen LogP contribution in [0, 0.1) is 0 Å². The van der Waals surface area contributed by atoms with E-state index in [0.29, 0.717) is 21.8 Å². The molecule has 0 aliphatic rings. The van der Waals surface area contributed by atoms with Crippen molar-refractivity contribution in [2.45, 2.75) is 0 Å². The van der Waals surface area contributed by atoms with Gasteiger partial charge in [0.05, 0.1) is 11.8 Å². The fraction of sp³-hybridized carbons (Fsp3) is 0. The summed E-state index contributed by atoms with van der Waals surface area (Å²) in [5.74, 6) is -0.155. The Morgan fingerprint density at radius 2 is 2.07 bits per heavy atom. The molecule has 0 aliphatic carbocycles. The average Bonchev–Trinajstić information content (AvgIpc) is 2.67. The maximum Gasteiger partial charge on any atom is 0.196 e. The van der Waals surface area contributed by atoms with Gasteiger partial charge in [-0.05, 0) is 24.3 Å². The molecule has 0 saturated carbocycles. The maximum atomic E-state index is 11.8. The molecule has 0 bridgehead atoms. The standard InChI is InChI=1S/C11H8ClNO2/c12-9-3-8(4-10(13)5-9)11(14)7-1-2-15-6-7/h1-6H,13H2. The minimum absolute atomic E-state index is 0.155. The monoisotopic (exact) mass is 221 g/mol. The fourth-order valence-corrected chi connectivity index (χ4v) is 1.55. The summed E-state index contributed by atoms with van der Waals surface area (Å²) in [6, 6.07) is 6.35. The van der Waals surface area contributed by atoms with Crippen molar-refractivity contribution in [2.24, 2.45) is 0 Å². The van der Waals surface area contributed by atoms with Gasteiger partial charge in [-0.15, -0.1) is 0 Å². The van der Waals surface area contributed by atoms with Crippen LogP contribution < -0.4 is 5.73 Å². The number of anilines is 1. The largest absolute Gasteiger partial charge is 0.472 e. The third kappa shape index (κ3) is 2.02. The molecule has 2 rings (SSSR count). The van der Waals surface area contributed by atoms with E-state index in [1.165, 1.54) is 12.5 Å². The Morgan fingerprint density at radius 3 is 2.67 bits per heavy atom. The van der Waals surface area contributed by atoms with E-state index >= 15 is 0 Å². The lowest BCUT2D eigenvalue weighted by Gasteiger charge is -2.01. The second-order valence-electron chi connectivity index (χ2n) is 3.11. The smallest absolute Gasteiger partial charge is 0.196 e. The van der Waals surface area contributed by atoms with Crippen LogP contribution in [0.15, 0.2) is 41.2 Å². The van der Waals surface area contributed by atoms with Gasteiger partial charge in [0, 0.05) is 16.3 Å². The first-order valence-electron chi connectivity index (χ1n) is 4.30. The Morgan fingerprint density at radius 1 is 1.27 bits per heavy atom. The van der Waals surface area contributed by atoms with E-state index in [1.807, 2.05) is 0 Å². The lowest BCUT2D eigenvalue weighted by molar-refractivity contribution is 0.103. The van der Waals surface area contributed by atoms with Gasteiger partial charge in [-0.1, -0.05) is 11.6 Å². The molecule has 0 radical (unpaired) electrons. The highest BCUT2D eigenvalue weighted by Gasteiger charge is 2.11. The Labute approximate surface area is 91.5 Å². The number of rotatable bonds is 2. The number of carbonyl (C=O) groups excluding carboxylic acids is 1. The predicted octanol–water partition coefficient (Wildman–Crippen LogP) is 2.75. The number of nitrogen functional groups attached to an aromatic ring is 1. The SMILES string of the molecule is Nc1cc(Cl)cc(C(=O)c2ccoc2)c1. The number of halogens is 1. The summed E-state index contributed by atoms with van der Waals surface area (Å²) in [6.07, 6.45) is 2.83. The molecule has 2 N–H and O–H groups in total. The molecule has 0 unspecified atom stereocenters. The Bertz CT molecular complexity index is 471. The first-order valence-corrected chi connectivity index (χ1v) is 4.67. The van der Waals surface area contributed by atoms with Gasteiger partial charge in [-0.2, -0.15) is 0 Å². The third-order valence-electron chi connectivity index (χ3n) is 1.97. The summed E-state index contributed by atoms with van der Waals surface area (Å²) in [5, 5.41) is 0.446. The molecule has 76 valence electrons. The van der Waals surface area contributed by atoms with Crippen molar-refractivity contribution in [3.05, 3.63) is 52.9 Å². The molecule has 1 aromatic heterocycles. The lowest BCUT2D eigenvalue weighted by Crippen LogP contribution is -2.00. The van der Waals surface area contributed by atoms with Crippen LogP contribution in [-0.4, -0.2) is 5.78 Å². The zero-order valence-corrected chi connectivity index (χ0v) is 8.49. The van der Waals surface area contributed by atoms with E-state index < -0.39 is 0 Å². The summed E-state index contributed by atoms with van der Waals surface area (Å²) in [6.45, 7) is 0. The molecule has 0 amide bonds. The fourth-order valence-electron chi connectivity index (χ4n) is 1.30. The molecule has 0 fully saturated rings. The highest BCUT2D eigenvalue weighted by molar-refractivity contribution is 6.31. The van der Waals surface area contributed by atoms with Crippen molar-refractivity contribution in [2.75, 3.05) is 5.73 Å². The van der Waals surface area contributed by atoms with Crippen LogP contribution in [0.25, 0.3) is 0 Å². The van der Waals surface area contributed by atoms with Crippen LogP contribution >= 0.6 is 11.6 Å². The van der Waals surface area contributed by atoms with E-state index in [1.54, 1.807) is 24.3 Å². The Hall–Kier alpha value is -1.74. The van der Waals surface area contributed by atoms with Crippen LogP contribution in [0.5, 0.6) is 0 Å². The molecule has 0 spiro atoms. The number of hydrogen-bond acceptors (Lipinski definition) is 3. The predicted molar refractivity (Wildman–Crippen MR) is 58.0 cm³/mol. The van der Waals surface area contributed by atoms with Gasteiger partial charge in [-0.25, -0.2) is 0 Å². The van der Waals surface area contributed by atoms with Gasteiger partial charge >= 0.3 is 0 Å². The van der Waals surface area contributed by atoms with Gasteiger partial charge in [0.25, 0.3) is 0 Å². The third-order valence-corrected chi connectivity index (χ3v) is 2.18. The number of nitrogens with two attached hydrogens (primary N) is 1. The highest BCUT2D eigenvalue weighted by Crippen LogP contribution is 2.19.